The molecule has 0 saturated carbocycles. The van der Waals surface area contributed by atoms with Crippen LogP contribution in [0.1, 0.15) is 17.2 Å². The Kier molecular flexibility index (Phi) is 3.53. The molecule has 6 heteroatoms. The van der Waals surface area contributed by atoms with E-state index >= 15 is 0 Å². The van der Waals surface area contributed by atoms with Crippen molar-refractivity contribution in [1.82, 2.24) is 4.57 Å². The molecule has 108 valence electrons. The van der Waals surface area contributed by atoms with E-state index < -0.39 is 11.8 Å². The van der Waals surface area contributed by atoms with E-state index in [1.165, 1.54) is 4.57 Å². The average Bonchev–Trinajstić information content (AvgIpc) is 2.73. The summed E-state index contributed by atoms with van der Waals surface area (Å²) in [4.78, 5) is 11.5. The third-order valence-corrected chi connectivity index (χ3v) is 4.04. The summed E-state index contributed by atoms with van der Waals surface area (Å²) in [7, 11) is 1.66. The highest BCUT2D eigenvalue weighted by molar-refractivity contribution is 6.35. The SMILES string of the molecule is Cn1c(=O)oc2cc(C(N)c3ccc(Cl)cc3Cl)ccc21. The van der Waals surface area contributed by atoms with Gasteiger partial charge in [0, 0.05) is 17.1 Å². The number of aromatic nitrogens is 1. The number of nitrogens with zero attached hydrogens (tertiary/aromatic N) is 1. The van der Waals surface area contributed by atoms with Crippen LogP contribution in [0.2, 0.25) is 10.0 Å². The molecule has 21 heavy (non-hydrogen) atoms. The molecule has 0 amide bonds. The van der Waals surface area contributed by atoms with E-state index in [0.717, 1.165) is 16.6 Å². The monoisotopic (exact) mass is 322 g/mol. The van der Waals surface area contributed by atoms with Crippen LogP contribution in [0.4, 0.5) is 0 Å². The van der Waals surface area contributed by atoms with Gasteiger partial charge in [-0.3, -0.25) is 4.57 Å². The number of benzene rings is 2. The van der Waals surface area contributed by atoms with Crippen molar-refractivity contribution in [3.63, 3.8) is 0 Å². The van der Waals surface area contributed by atoms with Crippen LogP contribution in [0.3, 0.4) is 0 Å². The van der Waals surface area contributed by atoms with Crippen molar-refractivity contribution in [3.05, 3.63) is 68.1 Å². The lowest BCUT2D eigenvalue weighted by Gasteiger charge is -2.14. The minimum Gasteiger partial charge on any atom is -0.408 e. The van der Waals surface area contributed by atoms with Crippen LogP contribution in [0, 0.1) is 0 Å². The predicted molar refractivity (Wildman–Crippen MR) is 83.9 cm³/mol. The lowest BCUT2D eigenvalue weighted by atomic mass is 9.99. The number of rotatable bonds is 2. The minimum atomic E-state index is -0.426. The summed E-state index contributed by atoms with van der Waals surface area (Å²) in [5.41, 5.74) is 9.04. The highest BCUT2D eigenvalue weighted by Gasteiger charge is 2.15. The van der Waals surface area contributed by atoms with Crippen molar-refractivity contribution >= 4 is 34.3 Å². The third-order valence-electron chi connectivity index (χ3n) is 3.47. The molecule has 0 saturated heterocycles. The molecule has 0 aliphatic carbocycles. The Morgan fingerprint density at radius 2 is 1.95 bits per heavy atom. The summed E-state index contributed by atoms with van der Waals surface area (Å²) >= 11 is 12.1. The predicted octanol–water partition coefficient (Wildman–Crippen LogP) is 3.49. The van der Waals surface area contributed by atoms with Crippen LogP contribution in [-0.2, 0) is 7.05 Å². The molecule has 3 rings (SSSR count). The maximum Gasteiger partial charge on any atom is 0.419 e. The molecule has 0 spiro atoms. The van der Waals surface area contributed by atoms with Crippen molar-refractivity contribution in [2.75, 3.05) is 0 Å². The van der Waals surface area contributed by atoms with Gasteiger partial charge in [-0.1, -0.05) is 35.3 Å². The molecule has 4 nitrogen and oxygen atoms in total. The van der Waals surface area contributed by atoms with Gasteiger partial charge < -0.3 is 10.2 Å². The Bertz CT molecular complexity index is 883. The molecule has 1 aromatic heterocycles. The van der Waals surface area contributed by atoms with Crippen LogP contribution < -0.4 is 11.5 Å². The quantitative estimate of drug-likeness (QED) is 0.785. The van der Waals surface area contributed by atoms with Gasteiger partial charge in [0.1, 0.15) is 0 Å². The number of hydrogen-bond acceptors (Lipinski definition) is 3. The van der Waals surface area contributed by atoms with E-state index in [-0.39, 0.29) is 0 Å². The summed E-state index contributed by atoms with van der Waals surface area (Å²) in [6.45, 7) is 0. The lowest BCUT2D eigenvalue weighted by molar-refractivity contribution is 0.527. The van der Waals surface area contributed by atoms with E-state index in [1.54, 1.807) is 37.4 Å². The second-order valence-electron chi connectivity index (χ2n) is 4.80. The number of aryl methyl sites for hydroxylation is 1. The van der Waals surface area contributed by atoms with Gasteiger partial charge in [0.2, 0.25) is 0 Å². The Labute approximate surface area is 130 Å². The second kappa shape index (κ2) is 5.22. The summed E-state index contributed by atoms with van der Waals surface area (Å²) in [5, 5.41) is 1.06. The molecule has 1 unspecified atom stereocenters. The Morgan fingerprint density at radius 1 is 1.19 bits per heavy atom. The Hall–Kier alpha value is -1.75. The third kappa shape index (κ3) is 2.46. The number of halogens is 2. The first-order valence-electron chi connectivity index (χ1n) is 6.27. The summed E-state index contributed by atoms with van der Waals surface area (Å²) in [5.74, 6) is -0.403. The lowest BCUT2D eigenvalue weighted by Crippen LogP contribution is -2.12. The van der Waals surface area contributed by atoms with E-state index in [9.17, 15) is 4.79 Å². The normalized spacial score (nSPS) is 12.8. The van der Waals surface area contributed by atoms with E-state index in [1.807, 2.05) is 6.07 Å². The molecule has 0 bridgehead atoms. The zero-order valence-corrected chi connectivity index (χ0v) is 12.7. The van der Waals surface area contributed by atoms with Crippen LogP contribution in [-0.4, -0.2) is 4.57 Å². The van der Waals surface area contributed by atoms with Crippen LogP contribution in [0.25, 0.3) is 11.1 Å². The van der Waals surface area contributed by atoms with Crippen molar-refractivity contribution in [1.29, 1.82) is 0 Å². The Morgan fingerprint density at radius 3 is 2.67 bits per heavy atom. The second-order valence-corrected chi connectivity index (χ2v) is 5.64. The van der Waals surface area contributed by atoms with E-state index in [4.69, 9.17) is 33.4 Å². The molecule has 0 radical (unpaired) electrons. The molecule has 1 atom stereocenters. The number of fused-ring (bicyclic) bond motifs is 1. The first kappa shape index (κ1) is 14.2. The molecule has 0 fully saturated rings. The summed E-state index contributed by atoms with van der Waals surface area (Å²) < 4.78 is 6.62. The van der Waals surface area contributed by atoms with Crippen molar-refractivity contribution in [2.45, 2.75) is 6.04 Å². The first-order chi connectivity index (χ1) is 9.97. The van der Waals surface area contributed by atoms with E-state index in [0.29, 0.717) is 15.6 Å². The van der Waals surface area contributed by atoms with Gasteiger partial charge in [0.15, 0.2) is 5.58 Å². The molecule has 0 aliphatic rings. The van der Waals surface area contributed by atoms with Gasteiger partial charge in [-0.05, 0) is 35.4 Å². The van der Waals surface area contributed by atoms with Gasteiger partial charge in [-0.15, -0.1) is 0 Å². The smallest absolute Gasteiger partial charge is 0.408 e. The zero-order chi connectivity index (χ0) is 15.1. The minimum absolute atomic E-state index is 0.403. The molecule has 3 aromatic rings. The van der Waals surface area contributed by atoms with Crippen molar-refractivity contribution < 1.29 is 4.42 Å². The zero-order valence-electron chi connectivity index (χ0n) is 11.1. The highest BCUT2D eigenvalue weighted by Crippen LogP contribution is 2.30. The molecule has 2 aromatic carbocycles. The van der Waals surface area contributed by atoms with Gasteiger partial charge in [0.25, 0.3) is 0 Å². The number of nitrogens with two attached hydrogens (primary N) is 1. The van der Waals surface area contributed by atoms with E-state index in [2.05, 4.69) is 0 Å². The fraction of sp³-hybridized carbons (Fsp3) is 0.133. The highest BCUT2D eigenvalue weighted by atomic mass is 35.5. The number of hydrogen-bond donors (Lipinski definition) is 1. The summed E-state index contributed by atoms with van der Waals surface area (Å²) in [6, 6.07) is 10.2. The maximum atomic E-state index is 11.5. The number of oxazole rings is 1. The molecule has 1 heterocycles. The fourth-order valence-electron chi connectivity index (χ4n) is 2.28. The Balaban J connectivity index is 2.09. The van der Waals surface area contributed by atoms with Gasteiger partial charge in [-0.25, -0.2) is 4.79 Å². The molecular formula is C15H12Cl2N2O2. The van der Waals surface area contributed by atoms with Gasteiger partial charge in [-0.2, -0.15) is 0 Å². The van der Waals surface area contributed by atoms with Crippen LogP contribution >= 0.6 is 23.2 Å². The first-order valence-corrected chi connectivity index (χ1v) is 7.03. The fourth-order valence-corrected chi connectivity index (χ4v) is 2.80. The largest absolute Gasteiger partial charge is 0.419 e. The summed E-state index contributed by atoms with van der Waals surface area (Å²) in [6.07, 6.45) is 0. The van der Waals surface area contributed by atoms with Crippen LogP contribution in [0.15, 0.2) is 45.6 Å². The topological polar surface area (TPSA) is 61.2 Å². The van der Waals surface area contributed by atoms with Crippen molar-refractivity contribution in [2.24, 2.45) is 12.8 Å². The average molecular weight is 323 g/mol. The molecular weight excluding hydrogens is 311 g/mol. The van der Waals surface area contributed by atoms with Crippen LogP contribution in [0.5, 0.6) is 0 Å². The van der Waals surface area contributed by atoms with Gasteiger partial charge >= 0.3 is 5.76 Å². The van der Waals surface area contributed by atoms with Gasteiger partial charge in [0.05, 0.1) is 11.6 Å². The molecule has 0 aliphatic heterocycles. The standard InChI is InChI=1S/C15H12Cl2N2O2/c1-19-12-5-2-8(6-13(12)21-15(19)20)14(18)10-4-3-9(16)7-11(10)17/h2-7,14H,18H2,1H3. The molecule has 2 N–H and O–H groups in total. The van der Waals surface area contributed by atoms with Crippen molar-refractivity contribution in [3.8, 4) is 0 Å². The maximum absolute atomic E-state index is 11.5.